The molecule has 122 valence electrons. The zero-order valence-electron chi connectivity index (χ0n) is 12.7. The smallest absolute Gasteiger partial charge is 0.326 e. The third-order valence-corrected chi connectivity index (χ3v) is 5.03. The van der Waals surface area contributed by atoms with Crippen LogP contribution in [0.15, 0.2) is 29.2 Å². The van der Waals surface area contributed by atoms with Crippen LogP contribution in [0.5, 0.6) is 0 Å². The van der Waals surface area contributed by atoms with Crippen molar-refractivity contribution in [1.29, 1.82) is 0 Å². The van der Waals surface area contributed by atoms with Crippen LogP contribution in [0.25, 0.3) is 0 Å². The van der Waals surface area contributed by atoms with Gasteiger partial charge in [0.25, 0.3) is 5.91 Å². The van der Waals surface area contributed by atoms with Crippen LogP contribution in [-0.2, 0) is 14.6 Å². The van der Waals surface area contributed by atoms with Crippen LogP contribution >= 0.6 is 0 Å². The summed E-state index contributed by atoms with van der Waals surface area (Å²) in [5.74, 6) is -1.69. The number of amides is 1. The summed E-state index contributed by atoms with van der Waals surface area (Å²) in [7, 11) is -3.42. The highest BCUT2D eigenvalue weighted by molar-refractivity contribution is 7.91. The van der Waals surface area contributed by atoms with Gasteiger partial charge in [-0.3, -0.25) is 4.79 Å². The number of carbonyl (C=O) groups excluding carboxylic acids is 1. The van der Waals surface area contributed by atoms with Gasteiger partial charge < -0.3 is 10.4 Å². The summed E-state index contributed by atoms with van der Waals surface area (Å²) in [6.07, 6.45) is 1.41. The quantitative estimate of drug-likeness (QED) is 0.759. The molecule has 22 heavy (non-hydrogen) atoms. The first-order chi connectivity index (χ1) is 10.3. The zero-order valence-corrected chi connectivity index (χ0v) is 13.5. The van der Waals surface area contributed by atoms with Crippen molar-refractivity contribution in [1.82, 2.24) is 5.32 Å². The Morgan fingerprint density at radius 3 is 2.45 bits per heavy atom. The number of carboxylic acid groups (broad SMARTS) is 1. The predicted molar refractivity (Wildman–Crippen MR) is 82.6 cm³/mol. The number of carboxylic acids is 1. The van der Waals surface area contributed by atoms with Gasteiger partial charge in [-0.2, -0.15) is 0 Å². The number of carbonyl (C=O) groups is 2. The van der Waals surface area contributed by atoms with Gasteiger partial charge in [-0.15, -0.1) is 0 Å². The largest absolute Gasteiger partial charge is 0.480 e. The van der Waals surface area contributed by atoms with Gasteiger partial charge in [0.05, 0.1) is 10.6 Å². The fraction of sp³-hybridized carbons (Fsp3) is 0.467. The van der Waals surface area contributed by atoms with Crippen molar-refractivity contribution >= 4 is 21.7 Å². The van der Waals surface area contributed by atoms with E-state index in [0.717, 1.165) is 0 Å². The maximum Gasteiger partial charge on any atom is 0.326 e. The van der Waals surface area contributed by atoms with Crippen LogP contribution in [0, 0.1) is 0 Å². The number of benzene rings is 1. The minimum absolute atomic E-state index is 0.00561. The van der Waals surface area contributed by atoms with Crippen LogP contribution in [0.2, 0.25) is 0 Å². The Balaban J connectivity index is 2.98. The van der Waals surface area contributed by atoms with Gasteiger partial charge in [0.2, 0.25) is 0 Å². The lowest BCUT2D eigenvalue weighted by atomic mass is 10.1. The molecule has 0 bridgehead atoms. The summed E-state index contributed by atoms with van der Waals surface area (Å²) in [4.78, 5) is 23.2. The summed E-state index contributed by atoms with van der Waals surface area (Å²) >= 11 is 0. The van der Waals surface area contributed by atoms with Crippen molar-refractivity contribution in [3.8, 4) is 0 Å². The van der Waals surface area contributed by atoms with E-state index in [1.165, 1.54) is 24.3 Å². The zero-order chi connectivity index (χ0) is 16.8. The molecule has 1 atom stereocenters. The summed E-state index contributed by atoms with van der Waals surface area (Å²) in [5, 5.41) is 11.5. The third-order valence-electron chi connectivity index (χ3n) is 3.11. The third kappa shape index (κ3) is 4.84. The van der Waals surface area contributed by atoms with Crippen LogP contribution < -0.4 is 5.32 Å². The van der Waals surface area contributed by atoms with E-state index in [1.54, 1.807) is 6.92 Å². The van der Waals surface area contributed by atoms with E-state index < -0.39 is 27.8 Å². The molecule has 0 aliphatic heterocycles. The second-order valence-corrected chi connectivity index (χ2v) is 7.11. The highest BCUT2D eigenvalue weighted by Crippen LogP contribution is 2.14. The molecule has 0 fully saturated rings. The Bertz CT molecular complexity index is 639. The average Bonchev–Trinajstić information content (AvgIpc) is 2.46. The molecule has 1 rings (SSSR count). The number of nitrogens with one attached hydrogen (secondary N) is 1. The Hall–Kier alpha value is -1.89. The van der Waals surface area contributed by atoms with Gasteiger partial charge in [-0.1, -0.05) is 26.3 Å². The van der Waals surface area contributed by atoms with Crippen molar-refractivity contribution in [2.75, 3.05) is 5.75 Å². The van der Waals surface area contributed by atoms with E-state index in [2.05, 4.69) is 5.32 Å². The molecular formula is C15H21NO5S. The van der Waals surface area contributed by atoms with Crippen molar-refractivity contribution in [2.45, 2.75) is 44.0 Å². The van der Waals surface area contributed by atoms with Crippen LogP contribution in [0.4, 0.5) is 0 Å². The van der Waals surface area contributed by atoms with E-state index in [9.17, 15) is 18.0 Å². The number of sulfone groups is 1. The lowest BCUT2D eigenvalue weighted by Gasteiger charge is -2.14. The molecule has 0 aliphatic rings. The van der Waals surface area contributed by atoms with Gasteiger partial charge in [-0.05, 0) is 31.0 Å². The van der Waals surface area contributed by atoms with E-state index in [0.29, 0.717) is 19.3 Å². The minimum Gasteiger partial charge on any atom is -0.480 e. The SMILES string of the molecule is CCCC(NC(=O)c1cccc(S(=O)(=O)CCC)c1)C(=O)O. The topological polar surface area (TPSA) is 101 Å². The number of hydrogen-bond acceptors (Lipinski definition) is 4. The summed E-state index contributed by atoms with van der Waals surface area (Å²) in [6.45, 7) is 3.58. The highest BCUT2D eigenvalue weighted by Gasteiger charge is 2.21. The van der Waals surface area contributed by atoms with E-state index in [1.807, 2.05) is 6.92 Å². The molecule has 2 N–H and O–H groups in total. The van der Waals surface area contributed by atoms with Crippen molar-refractivity contribution in [2.24, 2.45) is 0 Å². The molecule has 0 saturated heterocycles. The lowest BCUT2D eigenvalue weighted by molar-refractivity contribution is -0.139. The Morgan fingerprint density at radius 1 is 1.23 bits per heavy atom. The maximum absolute atomic E-state index is 12.1. The van der Waals surface area contributed by atoms with Gasteiger partial charge >= 0.3 is 5.97 Å². The van der Waals surface area contributed by atoms with Gasteiger partial charge in [-0.25, -0.2) is 13.2 Å². The Labute approximate surface area is 130 Å². The van der Waals surface area contributed by atoms with Gasteiger partial charge in [0.1, 0.15) is 6.04 Å². The maximum atomic E-state index is 12.1. The predicted octanol–water partition coefficient (Wildman–Crippen LogP) is 1.85. The van der Waals surface area contributed by atoms with E-state index >= 15 is 0 Å². The fourth-order valence-electron chi connectivity index (χ4n) is 2.01. The fourth-order valence-corrected chi connectivity index (χ4v) is 3.37. The molecule has 0 aliphatic carbocycles. The highest BCUT2D eigenvalue weighted by atomic mass is 32.2. The molecule has 1 aromatic rings. The second-order valence-electron chi connectivity index (χ2n) is 5.00. The van der Waals surface area contributed by atoms with Crippen LogP contribution in [0.1, 0.15) is 43.5 Å². The first kappa shape index (κ1) is 18.2. The van der Waals surface area contributed by atoms with Gasteiger partial charge in [0.15, 0.2) is 9.84 Å². The van der Waals surface area contributed by atoms with Crippen molar-refractivity contribution in [3.05, 3.63) is 29.8 Å². The molecule has 0 radical (unpaired) electrons. The Morgan fingerprint density at radius 2 is 1.91 bits per heavy atom. The van der Waals surface area contributed by atoms with Crippen molar-refractivity contribution < 1.29 is 23.1 Å². The molecule has 1 aromatic carbocycles. The van der Waals surface area contributed by atoms with Crippen LogP contribution in [0.3, 0.4) is 0 Å². The number of hydrogen-bond donors (Lipinski definition) is 2. The van der Waals surface area contributed by atoms with Gasteiger partial charge in [0, 0.05) is 5.56 Å². The standard InChI is InChI=1S/C15H21NO5S/c1-3-6-13(15(18)19)16-14(17)11-7-5-8-12(10-11)22(20,21)9-4-2/h5,7-8,10,13H,3-4,6,9H2,1-2H3,(H,16,17)(H,18,19). The summed E-state index contributed by atoms with van der Waals surface area (Å²) in [6, 6.07) is 4.68. The number of aliphatic carboxylic acids is 1. The molecule has 0 spiro atoms. The first-order valence-electron chi connectivity index (χ1n) is 7.18. The lowest BCUT2D eigenvalue weighted by Crippen LogP contribution is -2.40. The van der Waals surface area contributed by atoms with Crippen LogP contribution in [-0.4, -0.2) is 37.2 Å². The summed E-state index contributed by atoms with van der Waals surface area (Å²) in [5.41, 5.74) is 0.138. The molecular weight excluding hydrogens is 306 g/mol. The minimum atomic E-state index is -3.42. The molecule has 1 unspecified atom stereocenters. The first-order valence-corrected chi connectivity index (χ1v) is 8.83. The molecule has 6 nitrogen and oxygen atoms in total. The van der Waals surface area contributed by atoms with Crippen molar-refractivity contribution in [3.63, 3.8) is 0 Å². The molecule has 7 heteroatoms. The molecule has 0 saturated carbocycles. The molecule has 0 aromatic heterocycles. The second kappa shape index (κ2) is 7.93. The average molecular weight is 327 g/mol. The summed E-state index contributed by atoms with van der Waals surface area (Å²) < 4.78 is 24.0. The molecule has 1 amide bonds. The monoisotopic (exact) mass is 327 g/mol. The Kier molecular flexibility index (Phi) is 6.55. The van der Waals surface area contributed by atoms with E-state index in [-0.39, 0.29) is 16.2 Å². The molecule has 0 heterocycles. The van der Waals surface area contributed by atoms with E-state index in [4.69, 9.17) is 5.11 Å². The normalized spacial score (nSPS) is 12.6. The number of rotatable bonds is 8.